The van der Waals surface area contributed by atoms with E-state index in [-0.39, 0.29) is 12.3 Å². The van der Waals surface area contributed by atoms with E-state index in [9.17, 15) is 9.90 Å². The fraction of sp³-hybridized carbons (Fsp3) is 0.250. The first-order valence-corrected chi connectivity index (χ1v) is 7.95. The summed E-state index contributed by atoms with van der Waals surface area (Å²) in [6.07, 6.45) is 2.86. The van der Waals surface area contributed by atoms with Crippen molar-refractivity contribution >= 4 is 16.9 Å². The Morgan fingerprint density at radius 2 is 1.91 bits per heavy atom. The number of aromatic amines is 1. The monoisotopic (exact) mass is 306 g/mol. The van der Waals surface area contributed by atoms with E-state index in [1.165, 1.54) is 5.56 Å². The molecule has 0 radical (unpaired) electrons. The van der Waals surface area contributed by atoms with Gasteiger partial charge in [-0.05, 0) is 36.5 Å². The first-order chi connectivity index (χ1) is 11.1. The molecule has 1 N–H and O–H groups in total. The summed E-state index contributed by atoms with van der Waals surface area (Å²) in [6, 6.07) is 14.2. The van der Waals surface area contributed by atoms with Crippen LogP contribution in [0.3, 0.4) is 0 Å². The van der Waals surface area contributed by atoms with Crippen molar-refractivity contribution in [3.63, 3.8) is 0 Å². The molecule has 2 aromatic carbocycles. The predicted octanol–water partition coefficient (Wildman–Crippen LogP) is 3.31. The first-order valence-electron chi connectivity index (χ1n) is 7.95. The average molecular weight is 306 g/mol. The van der Waals surface area contributed by atoms with Crippen molar-refractivity contribution < 1.29 is 9.90 Å². The fourth-order valence-electron chi connectivity index (χ4n) is 3.19. The second kappa shape index (κ2) is 6.29. The SMILES string of the molecule is CCc1cccc2c([C@H](CC(=O)[O-])c3ccc(C)cc3)c[nH]c12. The van der Waals surface area contributed by atoms with Gasteiger partial charge in [-0.2, -0.15) is 0 Å². The summed E-state index contributed by atoms with van der Waals surface area (Å²) in [7, 11) is 0. The van der Waals surface area contributed by atoms with Crippen LogP contribution in [0.5, 0.6) is 0 Å². The highest BCUT2D eigenvalue weighted by Crippen LogP contribution is 2.34. The number of carboxylic acid groups (broad SMARTS) is 1. The van der Waals surface area contributed by atoms with Crippen LogP contribution < -0.4 is 5.11 Å². The summed E-state index contributed by atoms with van der Waals surface area (Å²) in [4.78, 5) is 14.6. The summed E-state index contributed by atoms with van der Waals surface area (Å²) in [5, 5.41) is 12.4. The molecule has 0 unspecified atom stereocenters. The van der Waals surface area contributed by atoms with Crippen LogP contribution in [-0.4, -0.2) is 11.0 Å². The minimum absolute atomic E-state index is 0.0215. The number of benzene rings is 2. The third kappa shape index (κ3) is 3.00. The van der Waals surface area contributed by atoms with E-state index in [0.717, 1.165) is 34.0 Å². The molecule has 3 rings (SSSR count). The van der Waals surface area contributed by atoms with Crippen LogP contribution >= 0.6 is 0 Å². The van der Waals surface area contributed by atoms with E-state index in [1.54, 1.807) is 0 Å². The van der Waals surface area contributed by atoms with Crippen molar-refractivity contribution in [2.45, 2.75) is 32.6 Å². The van der Waals surface area contributed by atoms with Crippen LogP contribution in [0, 0.1) is 6.92 Å². The van der Waals surface area contributed by atoms with Gasteiger partial charge < -0.3 is 14.9 Å². The number of aliphatic carboxylic acids is 1. The van der Waals surface area contributed by atoms with Crippen LogP contribution in [0.2, 0.25) is 0 Å². The maximum absolute atomic E-state index is 11.3. The van der Waals surface area contributed by atoms with E-state index in [2.05, 4.69) is 24.0 Å². The fourth-order valence-corrected chi connectivity index (χ4v) is 3.19. The zero-order valence-corrected chi connectivity index (χ0v) is 13.4. The number of fused-ring (bicyclic) bond motifs is 1. The van der Waals surface area contributed by atoms with Gasteiger partial charge in [-0.15, -0.1) is 0 Å². The van der Waals surface area contributed by atoms with E-state index >= 15 is 0 Å². The Morgan fingerprint density at radius 1 is 1.17 bits per heavy atom. The molecule has 3 nitrogen and oxygen atoms in total. The molecule has 0 aliphatic carbocycles. The Labute approximate surface area is 136 Å². The van der Waals surface area contributed by atoms with Crippen molar-refractivity contribution in [3.05, 3.63) is 70.9 Å². The largest absolute Gasteiger partial charge is 0.550 e. The van der Waals surface area contributed by atoms with Crippen LogP contribution in [0.15, 0.2) is 48.7 Å². The lowest BCUT2D eigenvalue weighted by atomic mass is 9.87. The number of hydrogen-bond acceptors (Lipinski definition) is 2. The molecule has 1 atom stereocenters. The molecule has 0 bridgehead atoms. The van der Waals surface area contributed by atoms with Gasteiger partial charge in [0.25, 0.3) is 0 Å². The van der Waals surface area contributed by atoms with E-state index in [1.807, 2.05) is 43.5 Å². The lowest BCUT2D eigenvalue weighted by Gasteiger charge is -2.18. The van der Waals surface area contributed by atoms with Gasteiger partial charge in [-0.3, -0.25) is 0 Å². The topological polar surface area (TPSA) is 55.9 Å². The number of rotatable bonds is 5. The van der Waals surface area contributed by atoms with Crippen LogP contribution in [-0.2, 0) is 11.2 Å². The van der Waals surface area contributed by atoms with Crippen molar-refractivity contribution in [2.24, 2.45) is 0 Å². The summed E-state index contributed by atoms with van der Waals surface area (Å²) in [6.45, 7) is 4.14. The molecule has 0 spiro atoms. The number of H-pyrrole nitrogens is 1. The third-order valence-corrected chi connectivity index (χ3v) is 4.44. The van der Waals surface area contributed by atoms with Gasteiger partial charge in [0.05, 0.1) is 0 Å². The quantitative estimate of drug-likeness (QED) is 0.786. The van der Waals surface area contributed by atoms with Crippen molar-refractivity contribution in [3.8, 4) is 0 Å². The Kier molecular flexibility index (Phi) is 4.20. The Hall–Kier alpha value is -2.55. The Balaban J connectivity index is 2.13. The molecule has 0 saturated carbocycles. The molecular formula is C20H20NO2-. The number of para-hydroxylation sites is 1. The number of carbonyl (C=O) groups excluding carboxylic acids is 1. The normalized spacial score (nSPS) is 12.4. The van der Waals surface area contributed by atoms with E-state index in [4.69, 9.17) is 0 Å². The number of nitrogens with one attached hydrogen (secondary N) is 1. The van der Waals surface area contributed by atoms with Crippen molar-refractivity contribution in [2.75, 3.05) is 0 Å². The number of aryl methyl sites for hydroxylation is 2. The van der Waals surface area contributed by atoms with Gasteiger partial charge in [0.2, 0.25) is 0 Å². The van der Waals surface area contributed by atoms with Crippen LogP contribution in [0.4, 0.5) is 0 Å². The second-order valence-corrected chi connectivity index (χ2v) is 5.98. The minimum atomic E-state index is -1.03. The highest BCUT2D eigenvalue weighted by molar-refractivity contribution is 5.87. The molecule has 0 aliphatic rings. The molecule has 23 heavy (non-hydrogen) atoms. The summed E-state index contributed by atoms with van der Waals surface area (Å²) in [5.41, 5.74) is 5.52. The van der Waals surface area contributed by atoms with Gasteiger partial charge in [0.15, 0.2) is 0 Å². The molecule has 0 amide bonds. The van der Waals surface area contributed by atoms with Gasteiger partial charge in [0.1, 0.15) is 0 Å². The molecule has 3 aromatic rings. The summed E-state index contributed by atoms with van der Waals surface area (Å²) >= 11 is 0. The molecule has 118 valence electrons. The standard InChI is InChI=1S/C20H21NO2/c1-3-14-5-4-6-16-18(12-21-20(14)16)17(11-19(22)23)15-9-7-13(2)8-10-15/h4-10,12,17,21H,3,11H2,1-2H3,(H,22,23)/p-1/t17-/m1/s1. The average Bonchev–Trinajstić information content (AvgIpc) is 2.97. The van der Waals surface area contributed by atoms with E-state index in [0.29, 0.717) is 0 Å². The third-order valence-electron chi connectivity index (χ3n) is 4.44. The van der Waals surface area contributed by atoms with E-state index < -0.39 is 5.97 Å². The first kappa shape index (κ1) is 15.3. The Bertz CT molecular complexity index is 830. The van der Waals surface area contributed by atoms with Crippen LogP contribution in [0.25, 0.3) is 10.9 Å². The number of carbonyl (C=O) groups is 1. The molecule has 1 heterocycles. The predicted molar refractivity (Wildman–Crippen MR) is 90.3 cm³/mol. The number of carboxylic acids is 1. The Morgan fingerprint density at radius 3 is 2.57 bits per heavy atom. The molecule has 0 saturated heterocycles. The van der Waals surface area contributed by atoms with Gasteiger partial charge in [0, 0.05) is 29.0 Å². The van der Waals surface area contributed by atoms with Gasteiger partial charge >= 0.3 is 0 Å². The summed E-state index contributed by atoms with van der Waals surface area (Å²) < 4.78 is 0. The summed E-state index contributed by atoms with van der Waals surface area (Å²) in [5.74, 6) is -1.24. The lowest BCUT2D eigenvalue weighted by molar-refractivity contribution is -0.305. The maximum atomic E-state index is 11.3. The number of hydrogen-bond donors (Lipinski definition) is 1. The molecular weight excluding hydrogens is 286 g/mol. The number of aromatic nitrogens is 1. The second-order valence-electron chi connectivity index (χ2n) is 5.98. The smallest absolute Gasteiger partial charge is 0.0489 e. The zero-order chi connectivity index (χ0) is 16.4. The molecule has 0 aliphatic heterocycles. The minimum Gasteiger partial charge on any atom is -0.550 e. The van der Waals surface area contributed by atoms with Crippen molar-refractivity contribution in [1.29, 1.82) is 0 Å². The van der Waals surface area contributed by atoms with Crippen LogP contribution in [0.1, 0.15) is 41.5 Å². The highest BCUT2D eigenvalue weighted by Gasteiger charge is 2.19. The van der Waals surface area contributed by atoms with Gasteiger partial charge in [-0.25, -0.2) is 0 Å². The molecule has 0 fully saturated rings. The zero-order valence-electron chi connectivity index (χ0n) is 13.4. The molecule has 3 heteroatoms. The maximum Gasteiger partial charge on any atom is 0.0489 e. The van der Waals surface area contributed by atoms with Gasteiger partial charge in [-0.1, -0.05) is 55.0 Å². The highest BCUT2D eigenvalue weighted by atomic mass is 16.4. The van der Waals surface area contributed by atoms with Crippen molar-refractivity contribution in [1.82, 2.24) is 4.98 Å². The molecule has 1 aromatic heterocycles. The lowest BCUT2D eigenvalue weighted by Crippen LogP contribution is -2.24.